The average molecular weight is 466 g/mol. The molecule has 1 unspecified atom stereocenters. The minimum absolute atomic E-state index is 0.270. The van der Waals surface area contributed by atoms with E-state index in [2.05, 4.69) is 11.0 Å². The Labute approximate surface area is 196 Å². The lowest BCUT2D eigenvalue weighted by Gasteiger charge is -2.40. The maximum absolute atomic E-state index is 13.9. The summed E-state index contributed by atoms with van der Waals surface area (Å²) in [6.45, 7) is 5.60. The van der Waals surface area contributed by atoms with Gasteiger partial charge in [0, 0.05) is 26.2 Å². The molecule has 0 bridgehead atoms. The number of carbonyl (C=O) groups excluding carboxylic acids is 1. The second kappa shape index (κ2) is 9.28. The molecule has 2 aliphatic rings. The summed E-state index contributed by atoms with van der Waals surface area (Å²) in [7, 11) is -3.84. The highest BCUT2D eigenvalue weighted by atomic mass is 32.2. The second-order valence-corrected chi connectivity index (χ2v) is 11.5. The maximum Gasteiger partial charge on any atom is 0.244 e. The first-order chi connectivity index (χ1) is 15.8. The van der Waals surface area contributed by atoms with Crippen LogP contribution in [0.15, 0.2) is 53.4 Å². The van der Waals surface area contributed by atoms with Gasteiger partial charge in [0.1, 0.15) is 6.04 Å². The van der Waals surface area contributed by atoms with Crippen molar-refractivity contribution in [1.29, 1.82) is 5.26 Å². The molecule has 6 nitrogen and oxygen atoms in total. The summed E-state index contributed by atoms with van der Waals surface area (Å²) in [5.74, 6) is -0.270. The number of nitrogens with zero attached hydrogens (tertiary/aromatic N) is 3. The van der Waals surface area contributed by atoms with E-state index >= 15 is 0 Å². The Kier molecular flexibility index (Phi) is 6.60. The molecule has 7 heteroatoms. The van der Waals surface area contributed by atoms with Crippen molar-refractivity contribution in [3.05, 3.63) is 65.2 Å². The molecule has 1 amide bonds. The number of sulfone groups is 1. The molecule has 0 aromatic heterocycles. The number of benzene rings is 2. The Morgan fingerprint density at radius 2 is 1.64 bits per heavy atom. The van der Waals surface area contributed by atoms with Crippen LogP contribution in [0.1, 0.15) is 48.4 Å². The first-order valence-electron chi connectivity index (χ1n) is 11.6. The summed E-state index contributed by atoms with van der Waals surface area (Å²) < 4.78 is 26.4. The van der Waals surface area contributed by atoms with Gasteiger partial charge in [0.2, 0.25) is 5.91 Å². The smallest absolute Gasteiger partial charge is 0.244 e. The van der Waals surface area contributed by atoms with Gasteiger partial charge in [0.05, 0.1) is 11.0 Å². The van der Waals surface area contributed by atoms with Gasteiger partial charge in [-0.3, -0.25) is 9.69 Å². The molecule has 174 valence electrons. The van der Waals surface area contributed by atoms with Gasteiger partial charge >= 0.3 is 0 Å². The van der Waals surface area contributed by atoms with Crippen LogP contribution in [0.3, 0.4) is 0 Å². The van der Waals surface area contributed by atoms with Gasteiger partial charge in [-0.2, -0.15) is 5.26 Å². The highest BCUT2D eigenvalue weighted by Crippen LogP contribution is 2.43. The first-order valence-corrected chi connectivity index (χ1v) is 13.1. The van der Waals surface area contributed by atoms with Gasteiger partial charge < -0.3 is 4.90 Å². The number of piperazine rings is 1. The predicted octanol–water partition coefficient (Wildman–Crippen LogP) is 3.80. The second-order valence-electron chi connectivity index (χ2n) is 9.24. The maximum atomic E-state index is 13.9. The van der Waals surface area contributed by atoms with Gasteiger partial charge in [-0.1, -0.05) is 55.3 Å². The largest absolute Gasteiger partial charge is 0.339 e. The van der Waals surface area contributed by atoms with Crippen LogP contribution in [0.25, 0.3) is 0 Å². The molecule has 2 fully saturated rings. The number of carbonyl (C=O) groups is 1. The summed E-state index contributed by atoms with van der Waals surface area (Å²) in [6, 6.07) is 17.1. The van der Waals surface area contributed by atoms with Gasteiger partial charge in [-0.15, -0.1) is 0 Å². The Hall–Kier alpha value is -2.69. The minimum atomic E-state index is -3.84. The molecule has 33 heavy (non-hydrogen) atoms. The van der Waals surface area contributed by atoms with Crippen LogP contribution in [-0.2, 0) is 14.6 Å². The quantitative estimate of drug-likeness (QED) is 0.671. The van der Waals surface area contributed by atoms with E-state index in [4.69, 9.17) is 0 Å². The number of hydrogen-bond acceptors (Lipinski definition) is 5. The summed E-state index contributed by atoms with van der Waals surface area (Å²) in [5, 5.41) is 9.75. The van der Waals surface area contributed by atoms with Crippen LogP contribution in [-0.4, -0.2) is 55.1 Å². The molecule has 1 atom stereocenters. The first kappa shape index (κ1) is 23.5. The van der Waals surface area contributed by atoms with E-state index in [9.17, 15) is 18.5 Å². The molecule has 0 spiro atoms. The predicted molar refractivity (Wildman–Crippen MR) is 127 cm³/mol. The molecular weight excluding hydrogens is 434 g/mol. The van der Waals surface area contributed by atoms with Crippen LogP contribution < -0.4 is 0 Å². The van der Waals surface area contributed by atoms with Crippen LogP contribution in [0.4, 0.5) is 0 Å². The van der Waals surface area contributed by atoms with Crippen molar-refractivity contribution in [3.8, 4) is 6.07 Å². The third-order valence-corrected chi connectivity index (χ3v) is 9.78. The van der Waals surface area contributed by atoms with E-state index in [1.165, 1.54) is 0 Å². The Morgan fingerprint density at radius 1 is 1.00 bits per heavy atom. The molecule has 4 rings (SSSR count). The van der Waals surface area contributed by atoms with Crippen molar-refractivity contribution in [3.63, 3.8) is 0 Å². The molecular formula is C26H31N3O3S. The molecule has 1 heterocycles. The van der Waals surface area contributed by atoms with E-state index in [1.807, 2.05) is 49.4 Å². The highest BCUT2D eigenvalue weighted by molar-refractivity contribution is 7.93. The van der Waals surface area contributed by atoms with Crippen LogP contribution in [0.5, 0.6) is 0 Å². The van der Waals surface area contributed by atoms with Crippen LogP contribution in [0, 0.1) is 25.2 Å². The summed E-state index contributed by atoms with van der Waals surface area (Å²) in [6.07, 6.45) is 2.21. The van der Waals surface area contributed by atoms with Gasteiger partial charge in [-0.05, 0) is 49.4 Å². The number of amides is 1. The fourth-order valence-electron chi connectivity index (χ4n) is 5.22. The number of aryl methyl sites for hydroxylation is 2. The van der Waals surface area contributed by atoms with Gasteiger partial charge in [0.25, 0.3) is 0 Å². The lowest BCUT2D eigenvalue weighted by molar-refractivity contribution is -0.135. The number of rotatable bonds is 5. The van der Waals surface area contributed by atoms with Crippen molar-refractivity contribution in [1.82, 2.24) is 9.80 Å². The van der Waals surface area contributed by atoms with E-state index in [-0.39, 0.29) is 16.8 Å². The molecule has 0 N–H and O–H groups in total. The SMILES string of the molecule is Cc1ccc(C)c(S(=O)(=O)C2(C(=O)N3CCN(C(C#N)c4ccccc4)CC3)CCCC2)c1. The van der Waals surface area contributed by atoms with E-state index in [0.29, 0.717) is 44.6 Å². The van der Waals surface area contributed by atoms with E-state index in [1.54, 1.807) is 17.9 Å². The van der Waals surface area contributed by atoms with Gasteiger partial charge in [0.15, 0.2) is 14.6 Å². The highest BCUT2D eigenvalue weighted by Gasteiger charge is 2.55. The Morgan fingerprint density at radius 3 is 2.24 bits per heavy atom. The Balaban J connectivity index is 1.57. The Bertz CT molecular complexity index is 1160. The lowest BCUT2D eigenvalue weighted by atomic mass is 10.0. The summed E-state index contributed by atoms with van der Waals surface area (Å²) >= 11 is 0. The van der Waals surface area contributed by atoms with Crippen LogP contribution in [0.2, 0.25) is 0 Å². The molecule has 2 aromatic rings. The van der Waals surface area contributed by atoms with Crippen molar-refractivity contribution >= 4 is 15.7 Å². The normalized spacial score (nSPS) is 19.7. The molecule has 1 aliphatic carbocycles. The third-order valence-electron chi connectivity index (χ3n) is 7.15. The zero-order valence-electron chi connectivity index (χ0n) is 19.3. The lowest BCUT2D eigenvalue weighted by Crippen LogP contribution is -2.57. The van der Waals surface area contributed by atoms with Crippen LogP contribution >= 0.6 is 0 Å². The minimum Gasteiger partial charge on any atom is -0.339 e. The van der Waals surface area contributed by atoms with E-state index in [0.717, 1.165) is 24.0 Å². The van der Waals surface area contributed by atoms with Crippen molar-refractivity contribution in [2.24, 2.45) is 0 Å². The fourth-order valence-corrected chi connectivity index (χ4v) is 7.66. The molecule has 2 aromatic carbocycles. The summed E-state index contributed by atoms with van der Waals surface area (Å²) in [5.41, 5.74) is 2.49. The molecule has 1 aliphatic heterocycles. The molecule has 1 saturated carbocycles. The topological polar surface area (TPSA) is 81.5 Å². The fraction of sp³-hybridized carbons (Fsp3) is 0.462. The zero-order chi connectivity index (χ0) is 23.6. The standard InChI is InChI=1S/C26H31N3O3S/c1-20-10-11-21(2)24(18-20)33(31,32)26(12-6-7-13-26)25(30)29-16-14-28(15-17-29)23(19-27)22-8-4-3-5-9-22/h3-5,8-11,18,23H,6-7,12-17H2,1-2H3. The third kappa shape index (κ3) is 4.18. The van der Waals surface area contributed by atoms with Crippen molar-refractivity contribution in [2.75, 3.05) is 26.2 Å². The average Bonchev–Trinajstić information content (AvgIpc) is 3.34. The van der Waals surface area contributed by atoms with E-state index < -0.39 is 14.6 Å². The monoisotopic (exact) mass is 465 g/mol. The number of hydrogen-bond donors (Lipinski definition) is 0. The molecule has 1 saturated heterocycles. The zero-order valence-corrected chi connectivity index (χ0v) is 20.1. The van der Waals surface area contributed by atoms with Crippen molar-refractivity contribution < 1.29 is 13.2 Å². The summed E-state index contributed by atoms with van der Waals surface area (Å²) in [4.78, 5) is 17.9. The van der Waals surface area contributed by atoms with Gasteiger partial charge in [-0.25, -0.2) is 8.42 Å². The molecule has 0 radical (unpaired) electrons. The number of nitriles is 1. The van der Waals surface area contributed by atoms with Crippen molar-refractivity contribution in [2.45, 2.75) is 55.2 Å².